The van der Waals surface area contributed by atoms with E-state index in [2.05, 4.69) is 29.4 Å². The Morgan fingerprint density at radius 3 is 2.32 bits per heavy atom. The second-order valence-electron chi connectivity index (χ2n) is 6.87. The summed E-state index contributed by atoms with van der Waals surface area (Å²) in [4.78, 5) is 25.3. The van der Waals surface area contributed by atoms with Crippen LogP contribution < -0.4 is 10.6 Å². The van der Waals surface area contributed by atoms with Crippen LogP contribution in [0, 0.1) is 0 Å². The molecule has 0 bridgehead atoms. The first-order chi connectivity index (χ1) is 11.8. The van der Waals surface area contributed by atoms with Gasteiger partial charge in [0.05, 0.1) is 0 Å². The third kappa shape index (κ3) is 9.10. The number of amides is 2. The maximum absolute atomic E-state index is 12.3. The van der Waals surface area contributed by atoms with E-state index in [1.54, 1.807) is 0 Å². The molecular weight excluding hydrogens is 318 g/mol. The largest absolute Gasteiger partial charge is 0.481 e. The minimum atomic E-state index is -0.854. The highest BCUT2D eigenvalue weighted by Gasteiger charge is 2.17. The summed E-state index contributed by atoms with van der Waals surface area (Å²) in [5, 5.41) is 14.8. The van der Waals surface area contributed by atoms with Gasteiger partial charge in [-0.25, -0.2) is 4.79 Å². The molecule has 0 radical (unpaired) electrons. The average molecular weight is 349 g/mol. The van der Waals surface area contributed by atoms with Gasteiger partial charge >= 0.3 is 12.0 Å². The Bertz CT molecular complexity index is 534. The zero-order valence-electron chi connectivity index (χ0n) is 15.7. The van der Waals surface area contributed by atoms with Gasteiger partial charge in [-0.1, -0.05) is 30.3 Å². The summed E-state index contributed by atoms with van der Waals surface area (Å²) in [7, 11) is 2.02. The number of carbonyl (C=O) groups is 2. The lowest BCUT2D eigenvalue weighted by Gasteiger charge is -2.26. The first-order valence-corrected chi connectivity index (χ1v) is 8.81. The first kappa shape index (κ1) is 21.0. The van der Waals surface area contributed by atoms with Gasteiger partial charge in [0.25, 0.3) is 0 Å². The fraction of sp³-hybridized carbons (Fsp3) is 0.579. The summed E-state index contributed by atoms with van der Waals surface area (Å²) in [6, 6.07) is 9.72. The van der Waals surface area contributed by atoms with Gasteiger partial charge in [-0.15, -0.1) is 0 Å². The molecule has 0 saturated carbocycles. The van der Waals surface area contributed by atoms with Crippen LogP contribution in [-0.2, 0) is 11.2 Å². The molecule has 0 saturated heterocycles. The Morgan fingerprint density at radius 1 is 1.12 bits per heavy atom. The Kier molecular flexibility index (Phi) is 8.99. The molecule has 0 fully saturated rings. The highest BCUT2D eigenvalue weighted by atomic mass is 16.4. The number of nitrogens with one attached hydrogen (secondary N) is 2. The van der Waals surface area contributed by atoms with Crippen LogP contribution in [0.25, 0.3) is 0 Å². The molecule has 2 amide bonds. The summed E-state index contributed by atoms with van der Waals surface area (Å²) in [6.45, 7) is 6.93. The Balaban J connectivity index is 2.57. The number of carboxylic acid groups (broad SMARTS) is 1. The van der Waals surface area contributed by atoms with E-state index in [4.69, 9.17) is 5.11 Å². The van der Waals surface area contributed by atoms with Crippen molar-refractivity contribution in [2.45, 2.75) is 58.2 Å². The molecule has 0 aliphatic heterocycles. The number of nitrogens with zero attached hydrogens (tertiary/aromatic N) is 1. The molecule has 1 rings (SSSR count). The van der Waals surface area contributed by atoms with E-state index in [1.807, 2.05) is 44.3 Å². The fourth-order valence-electron chi connectivity index (χ4n) is 2.56. The smallest absolute Gasteiger partial charge is 0.315 e. The van der Waals surface area contributed by atoms with Crippen molar-refractivity contribution in [1.29, 1.82) is 0 Å². The molecule has 2 atom stereocenters. The van der Waals surface area contributed by atoms with Crippen LogP contribution >= 0.6 is 0 Å². The molecule has 0 heterocycles. The van der Waals surface area contributed by atoms with E-state index in [0.717, 1.165) is 12.1 Å². The fourth-order valence-corrected chi connectivity index (χ4v) is 2.56. The van der Waals surface area contributed by atoms with Crippen LogP contribution in [0.4, 0.5) is 4.79 Å². The van der Waals surface area contributed by atoms with Gasteiger partial charge in [0.1, 0.15) is 0 Å². The predicted octanol–water partition coefficient (Wildman–Crippen LogP) is 2.49. The van der Waals surface area contributed by atoms with Gasteiger partial charge in [-0.2, -0.15) is 0 Å². The van der Waals surface area contributed by atoms with E-state index in [0.29, 0.717) is 18.9 Å². The maximum atomic E-state index is 12.3. The maximum Gasteiger partial charge on any atom is 0.315 e. The highest BCUT2D eigenvalue weighted by molar-refractivity contribution is 5.74. The van der Waals surface area contributed by atoms with Crippen molar-refractivity contribution in [1.82, 2.24) is 15.5 Å². The van der Waals surface area contributed by atoms with E-state index in [1.165, 1.54) is 0 Å². The number of urea groups is 1. The van der Waals surface area contributed by atoms with E-state index in [9.17, 15) is 9.59 Å². The van der Waals surface area contributed by atoms with Crippen LogP contribution in [0.3, 0.4) is 0 Å². The van der Waals surface area contributed by atoms with Crippen LogP contribution in [0.2, 0.25) is 0 Å². The molecule has 140 valence electrons. The molecule has 1 unspecified atom stereocenters. The third-order valence-corrected chi connectivity index (χ3v) is 4.19. The van der Waals surface area contributed by atoms with Crippen LogP contribution in [0.5, 0.6) is 0 Å². The van der Waals surface area contributed by atoms with E-state index in [-0.39, 0.29) is 24.5 Å². The Morgan fingerprint density at radius 2 is 1.76 bits per heavy atom. The summed E-state index contributed by atoms with van der Waals surface area (Å²) in [6.07, 6.45) is 1.04. The monoisotopic (exact) mass is 349 g/mol. The lowest BCUT2D eigenvalue weighted by Crippen LogP contribution is -2.49. The number of benzene rings is 1. The van der Waals surface area contributed by atoms with E-state index < -0.39 is 5.97 Å². The molecule has 6 heteroatoms. The summed E-state index contributed by atoms with van der Waals surface area (Å²) in [5.41, 5.74) is 1.07. The van der Waals surface area contributed by atoms with Crippen molar-refractivity contribution >= 4 is 12.0 Å². The number of rotatable bonds is 10. The summed E-state index contributed by atoms with van der Waals surface area (Å²) >= 11 is 0. The van der Waals surface area contributed by atoms with Gasteiger partial charge in [0.15, 0.2) is 0 Å². The highest BCUT2D eigenvalue weighted by Crippen LogP contribution is 2.08. The average Bonchev–Trinajstić information content (AvgIpc) is 2.53. The number of carbonyl (C=O) groups excluding carboxylic acids is 1. The number of hydrogen-bond acceptors (Lipinski definition) is 3. The number of aliphatic carboxylic acids is 1. The lowest BCUT2D eigenvalue weighted by atomic mass is 10.0. The topological polar surface area (TPSA) is 81.7 Å². The molecule has 0 spiro atoms. The van der Waals surface area contributed by atoms with E-state index >= 15 is 0 Å². The van der Waals surface area contributed by atoms with Gasteiger partial charge in [-0.3, -0.25) is 4.79 Å². The second-order valence-corrected chi connectivity index (χ2v) is 6.87. The summed E-state index contributed by atoms with van der Waals surface area (Å²) < 4.78 is 0. The van der Waals surface area contributed by atoms with Crippen molar-refractivity contribution in [2.75, 3.05) is 13.6 Å². The van der Waals surface area contributed by atoms with Crippen LogP contribution in [0.1, 0.15) is 39.2 Å². The SMILES string of the molecule is CC(C)N(C)C[C@@H](C)NC(=O)NC(CCC(=O)O)Cc1ccccc1. The quantitative estimate of drug-likeness (QED) is 0.606. The number of likely N-dealkylation sites (N-methyl/N-ethyl adjacent to an activating group) is 1. The second kappa shape index (κ2) is 10.7. The number of hydrogen-bond donors (Lipinski definition) is 3. The predicted molar refractivity (Wildman–Crippen MR) is 99.7 cm³/mol. The summed E-state index contributed by atoms with van der Waals surface area (Å²) in [5.74, 6) is -0.854. The Labute approximate surface area is 150 Å². The molecule has 25 heavy (non-hydrogen) atoms. The van der Waals surface area contributed by atoms with Crippen molar-refractivity contribution in [2.24, 2.45) is 0 Å². The molecule has 0 aliphatic carbocycles. The zero-order valence-corrected chi connectivity index (χ0v) is 15.7. The van der Waals surface area contributed by atoms with Crippen LogP contribution in [0.15, 0.2) is 30.3 Å². The van der Waals surface area contributed by atoms with Crippen molar-refractivity contribution < 1.29 is 14.7 Å². The van der Waals surface area contributed by atoms with Gasteiger partial charge in [0.2, 0.25) is 0 Å². The van der Waals surface area contributed by atoms with Crippen LogP contribution in [-0.4, -0.2) is 53.7 Å². The lowest BCUT2D eigenvalue weighted by molar-refractivity contribution is -0.137. The molecule has 1 aromatic carbocycles. The molecule has 6 nitrogen and oxygen atoms in total. The molecule has 1 aromatic rings. The van der Waals surface area contributed by atoms with Gasteiger partial charge in [0, 0.05) is 31.1 Å². The first-order valence-electron chi connectivity index (χ1n) is 8.81. The van der Waals surface area contributed by atoms with Crippen molar-refractivity contribution in [3.8, 4) is 0 Å². The molecule has 3 N–H and O–H groups in total. The Hall–Kier alpha value is -2.08. The molecular formula is C19H31N3O3. The molecule has 0 aliphatic rings. The van der Waals surface area contributed by atoms with Crippen molar-refractivity contribution in [3.05, 3.63) is 35.9 Å². The normalized spacial score (nSPS) is 13.5. The molecule has 0 aromatic heterocycles. The number of carboxylic acids is 1. The van der Waals surface area contributed by atoms with Gasteiger partial charge < -0.3 is 20.6 Å². The van der Waals surface area contributed by atoms with Crippen molar-refractivity contribution in [3.63, 3.8) is 0 Å². The van der Waals surface area contributed by atoms with Gasteiger partial charge in [-0.05, 0) is 46.2 Å². The standard InChI is InChI=1S/C19H31N3O3/c1-14(2)22(4)13-15(3)20-19(25)21-17(10-11-18(23)24)12-16-8-6-5-7-9-16/h5-9,14-15,17H,10-13H2,1-4H3,(H,23,24)(H2,20,21,25)/t15-,17?/m1/s1. The minimum Gasteiger partial charge on any atom is -0.481 e. The zero-order chi connectivity index (χ0) is 18.8. The third-order valence-electron chi connectivity index (χ3n) is 4.19. The minimum absolute atomic E-state index is 0.00393.